The Hall–Kier alpha value is -4.42. The highest BCUT2D eigenvalue weighted by Crippen LogP contribution is 2.67. The Morgan fingerprint density at radius 1 is 1.07 bits per heavy atom. The molecule has 12 nitrogen and oxygen atoms in total. The first-order valence-corrected chi connectivity index (χ1v) is 14.9. The van der Waals surface area contributed by atoms with Gasteiger partial charge in [0.25, 0.3) is 0 Å². The largest absolute Gasteiger partial charge is 0.493 e. The zero-order chi connectivity index (χ0) is 32.1. The molecule has 4 aliphatic rings. The highest BCUT2D eigenvalue weighted by Gasteiger charge is 2.71. The van der Waals surface area contributed by atoms with Crippen LogP contribution in [-0.2, 0) is 45.2 Å². The number of aliphatic hydroxyl groups excluding tert-OH is 1. The van der Waals surface area contributed by atoms with Gasteiger partial charge in [-0.2, -0.15) is 0 Å². The summed E-state index contributed by atoms with van der Waals surface area (Å²) < 4.78 is 27.8. The first-order valence-electron chi connectivity index (χ1n) is 14.9. The predicted molar refractivity (Wildman–Crippen MR) is 153 cm³/mol. The smallest absolute Gasteiger partial charge is 0.353 e. The van der Waals surface area contributed by atoms with Crippen LogP contribution in [0.2, 0.25) is 0 Å². The summed E-state index contributed by atoms with van der Waals surface area (Å²) in [6.07, 6.45) is -1.98. The number of rotatable bonds is 10. The average molecular weight is 623 g/mol. The molecule has 0 saturated heterocycles. The zero-order valence-corrected chi connectivity index (χ0v) is 24.8. The van der Waals surface area contributed by atoms with E-state index in [4.69, 9.17) is 28.8 Å². The number of aliphatic carboxylic acids is 1. The first kappa shape index (κ1) is 30.6. The van der Waals surface area contributed by atoms with E-state index in [0.717, 1.165) is 30.9 Å². The van der Waals surface area contributed by atoms with E-state index in [1.54, 1.807) is 24.3 Å². The molecular formula is C33H34O12. The van der Waals surface area contributed by atoms with Crippen molar-refractivity contribution in [3.63, 3.8) is 0 Å². The minimum absolute atomic E-state index is 0.00275. The van der Waals surface area contributed by atoms with Crippen molar-refractivity contribution in [3.05, 3.63) is 71.0 Å². The van der Waals surface area contributed by atoms with Crippen molar-refractivity contribution >= 4 is 23.9 Å². The molecule has 3 N–H and O–H groups in total. The zero-order valence-electron chi connectivity index (χ0n) is 24.8. The van der Waals surface area contributed by atoms with Gasteiger partial charge in [0, 0.05) is 11.1 Å². The number of methoxy groups -OCH3 is 1. The molecule has 3 aliphatic carbocycles. The van der Waals surface area contributed by atoms with Crippen LogP contribution in [0.4, 0.5) is 0 Å². The number of carbonyl (C=O) groups excluding carboxylic acids is 3. The molecule has 7 atom stereocenters. The summed E-state index contributed by atoms with van der Waals surface area (Å²) in [7, 11) is 1.53. The molecule has 0 aromatic heterocycles. The summed E-state index contributed by atoms with van der Waals surface area (Å²) in [6, 6.07) is 11.5. The number of carboxylic acids is 1. The van der Waals surface area contributed by atoms with E-state index in [2.05, 4.69) is 0 Å². The van der Waals surface area contributed by atoms with Crippen LogP contribution in [-0.4, -0.2) is 70.2 Å². The van der Waals surface area contributed by atoms with Gasteiger partial charge in [0.2, 0.25) is 6.10 Å². The normalized spacial score (nSPS) is 27.4. The second-order valence-electron chi connectivity index (χ2n) is 12.0. The Morgan fingerprint density at radius 3 is 2.53 bits per heavy atom. The van der Waals surface area contributed by atoms with E-state index in [1.165, 1.54) is 19.2 Å². The lowest BCUT2D eigenvalue weighted by Crippen LogP contribution is -2.67. The quantitative estimate of drug-likeness (QED) is 0.261. The molecule has 1 spiro atoms. The Bertz CT molecular complexity index is 1570. The van der Waals surface area contributed by atoms with Crippen molar-refractivity contribution in [1.82, 2.24) is 0 Å². The molecule has 1 aliphatic heterocycles. The molecule has 2 bridgehead atoms. The maximum absolute atomic E-state index is 13.1. The third-order valence-corrected chi connectivity index (χ3v) is 9.52. The maximum atomic E-state index is 13.1. The van der Waals surface area contributed by atoms with Crippen LogP contribution in [0.3, 0.4) is 0 Å². The van der Waals surface area contributed by atoms with Crippen molar-refractivity contribution in [2.45, 2.75) is 80.9 Å². The summed E-state index contributed by atoms with van der Waals surface area (Å²) in [5, 5.41) is 31.9. The van der Waals surface area contributed by atoms with Crippen molar-refractivity contribution in [3.8, 4) is 11.5 Å². The molecular weight excluding hydrogens is 588 g/mol. The van der Waals surface area contributed by atoms with E-state index in [0.29, 0.717) is 24.3 Å². The molecule has 2 aromatic rings. The lowest BCUT2D eigenvalue weighted by atomic mass is 9.47. The standard InChI is InChI=1S/C33H34O12/c1-17(29(36)37)42-31(39)26(18-7-4-3-5-8-18)45-30(38)21(34)16-24(35)43-23-12-14-33(40)20-9-6-13-32(33)25-19(15-20)10-11-22(41-2)27(25)44-28(23)32/h3-5,7-8,10-12,17,20-21,26,28,34,40H,6,9,13-16H2,1-2H3,(H,36,37)/t17-,20-,21-,26-,28+,32+,33-/m0/s1. The van der Waals surface area contributed by atoms with Crippen LogP contribution in [0.15, 0.2) is 54.3 Å². The minimum atomic E-state index is -2.02. The van der Waals surface area contributed by atoms with Gasteiger partial charge in [-0.25, -0.2) is 14.4 Å². The van der Waals surface area contributed by atoms with Gasteiger partial charge in [0.05, 0.1) is 24.5 Å². The van der Waals surface area contributed by atoms with E-state index < -0.39 is 65.7 Å². The second-order valence-corrected chi connectivity index (χ2v) is 12.0. The van der Waals surface area contributed by atoms with E-state index >= 15 is 0 Å². The average Bonchev–Trinajstić information content (AvgIpc) is 3.36. The van der Waals surface area contributed by atoms with Gasteiger partial charge < -0.3 is 39.0 Å². The van der Waals surface area contributed by atoms with E-state index in [1.807, 2.05) is 12.1 Å². The number of hydrogen-bond donors (Lipinski definition) is 3. The lowest BCUT2D eigenvalue weighted by molar-refractivity contribution is -0.181. The highest BCUT2D eigenvalue weighted by atomic mass is 16.6. The molecule has 1 heterocycles. The van der Waals surface area contributed by atoms with Crippen LogP contribution < -0.4 is 9.47 Å². The van der Waals surface area contributed by atoms with Gasteiger partial charge in [-0.15, -0.1) is 0 Å². The van der Waals surface area contributed by atoms with Crippen molar-refractivity contribution in [2.75, 3.05) is 7.11 Å². The number of benzene rings is 2. The fourth-order valence-electron chi connectivity index (χ4n) is 7.46. The Morgan fingerprint density at radius 2 is 1.82 bits per heavy atom. The van der Waals surface area contributed by atoms with Gasteiger partial charge in [-0.3, -0.25) is 4.79 Å². The second kappa shape index (κ2) is 11.5. The summed E-state index contributed by atoms with van der Waals surface area (Å²) in [5.41, 5.74) is 0.155. The number of esters is 3. The fraction of sp³-hybridized carbons (Fsp3) is 0.455. The number of carboxylic acid groups (broad SMARTS) is 1. The molecule has 45 heavy (non-hydrogen) atoms. The SMILES string of the molecule is COc1ccc2c3c1O[C@@H]1C(OC(=O)C[C@H](O)C(=O)O[C@H](C(=O)O[C@@H](C)C(=O)O)c4ccccc4)=CC[C@]4(O)[C@@H](CCC[C@@]314)C2. The summed E-state index contributed by atoms with van der Waals surface area (Å²) in [5.74, 6) is -3.64. The molecule has 12 heteroatoms. The van der Waals surface area contributed by atoms with Crippen LogP contribution >= 0.6 is 0 Å². The van der Waals surface area contributed by atoms with Gasteiger partial charge in [-0.05, 0) is 56.2 Å². The monoisotopic (exact) mass is 622 g/mol. The van der Waals surface area contributed by atoms with Gasteiger partial charge >= 0.3 is 23.9 Å². The number of aliphatic hydroxyl groups is 2. The summed E-state index contributed by atoms with van der Waals surface area (Å²) in [4.78, 5) is 49.9. The molecule has 238 valence electrons. The third-order valence-electron chi connectivity index (χ3n) is 9.52. The molecule has 0 amide bonds. The lowest BCUT2D eigenvalue weighted by Gasteiger charge is -2.59. The van der Waals surface area contributed by atoms with Crippen LogP contribution in [0, 0.1) is 5.92 Å². The number of carbonyl (C=O) groups is 4. The molecule has 2 aromatic carbocycles. The molecule has 1 fully saturated rings. The van der Waals surface area contributed by atoms with E-state index in [9.17, 15) is 29.4 Å². The summed E-state index contributed by atoms with van der Waals surface area (Å²) >= 11 is 0. The van der Waals surface area contributed by atoms with Gasteiger partial charge in [0.15, 0.2) is 29.8 Å². The number of ether oxygens (including phenoxy) is 5. The highest BCUT2D eigenvalue weighted by molar-refractivity contribution is 5.86. The summed E-state index contributed by atoms with van der Waals surface area (Å²) in [6.45, 7) is 1.14. The topological polar surface area (TPSA) is 175 Å². The van der Waals surface area contributed by atoms with Gasteiger partial charge in [-0.1, -0.05) is 42.8 Å². The van der Waals surface area contributed by atoms with Crippen molar-refractivity contribution in [2.24, 2.45) is 5.92 Å². The maximum Gasteiger partial charge on any atom is 0.353 e. The minimum Gasteiger partial charge on any atom is -0.493 e. The van der Waals surface area contributed by atoms with Gasteiger partial charge in [0.1, 0.15) is 5.76 Å². The Balaban J connectivity index is 1.18. The Kier molecular flexibility index (Phi) is 7.82. The number of hydrogen-bond acceptors (Lipinski definition) is 11. The predicted octanol–water partition coefficient (Wildman–Crippen LogP) is 2.66. The first-order chi connectivity index (χ1) is 21.5. The van der Waals surface area contributed by atoms with Crippen molar-refractivity contribution < 1.29 is 58.2 Å². The van der Waals surface area contributed by atoms with E-state index in [-0.39, 0.29) is 23.7 Å². The van der Waals surface area contributed by atoms with Crippen molar-refractivity contribution in [1.29, 1.82) is 0 Å². The van der Waals surface area contributed by atoms with Crippen LogP contribution in [0.1, 0.15) is 61.8 Å². The third kappa shape index (κ3) is 4.92. The molecule has 1 saturated carbocycles. The fourth-order valence-corrected chi connectivity index (χ4v) is 7.46. The molecule has 6 rings (SSSR count). The molecule has 0 unspecified atom stereocenters. The van der Waals surface area contributed by atoms with Crippen LogP contribution in [0.5, 0.6) is 11.5 Å². The Labute approximate surface area is 258 Å². The molecule has 0 radical (unpaired) electrons. The van der Waals surface area contributed by atoms with Crippen LogP contribution in [0.25, 0.3) is 0 Å².